The fraction of sp³-hybridized carbons (Fsp3) is 0.382. The molecule has 0 aliphatic heterocycles. The number of H-pyrrole nitrogens is 1. The molecule has 3 aromatic carbocycles. The first-order chi connectivity index (χ1) is 19.5. The molecule has 7 heteroatoms. The SMILES string of the molecule is COc1ccc(-c2ccc(CCCc3nn(C(C)Cc4ccc(C(C)(C)C)cc4)c(=O)[nH]3)cc2)cc1CCC(=O)O. The smallest absolute Gasteiger partial charge is 0.343 e. The Labute approximate surface area is 242 Å². The van der Waals surface area contributed by atoms with E-state index in [-0.39, 0.29) is 23.6 Å². The van der Waals surface area contributed by atoms with Gasteiger partial charge in [0.05, 0.1) is 13.2 Å². The molecule has 0 saturated carbocycles. The van der Waals surface area contributed by atoms with Crippen LogP contribution in [0.2, 0.25) is 0 Å². The maximum absolute atomic E-state index is 12.6. The number of aryl methyl sites for hydroxylation is 3. The normalized spacial score (nSPS) is 12.3. The topological polar surface area (TPSA) is 97.2 Å². The Morgan fingerprint density at radius 1 is 0.951 bits per heavy atom. The van der Waals surface area contributed by atoms with Gasteiger partial charge < -0.3 is 9.84 Å². The highest BCUT2D eigenvalue weighted by Gasteiger charge is 2.16. The van der Waals surface area contributed by atoms with Gasteiger partial charge in [0.15, 0.2) is 0 Å². The van der Waals surface area contributed by atoms with Gasteiger partial charge in [-0.05, 0) is 83.5 Å². The van der Waals surface area contributed by atoms with Gasteiger partial charge in [-0.3, -0.25) is 9.78 Å². The highest BCUT2D eigenvalue weighted by Crippen LogP contribution is 2.28. The van der Waals surface area contributed by atoms with Gasteiger partial charge in [-0.15, -0.1) is 0 Å². The van der Waals surface area contributed by atoms with Crippen molar-refractivity contribution in [3.8, 4) is 16.9 Å². The summed E-state index contributed by atoms with van der Waals surface area (Å²) in [6, 6.07) is 22.9. The summed E-state index contributed by atoms with van der Waals surface area (Å²) in [6.07, 6.45) is 3.67. The van der Waals surface area contributed by atoms with E-state index in [1.54, 1.807) is 11.8 Å². The third-order valence-electron chi connectivity index (χ3n) is 7.51. The maximum atomic E-state index is 12.6. The van der Waals surface area contributed by atoms with Crippen molar-refractivity contribution >= 4 is 5.97 Å². The fourth-order valence-corrected chi connectivity index (χ4v) is 5.08. The van der Waals surface area contributed by atoms with Crippen LogP contribution in [-0.4, -0.2) is 33.0 Å². The van der Waals surface area contributed by atoms with Crippen LogP contribution in [0, 0.1) is 0 Å². The number of nitrogens with zero attached hydrogens (tertiary/aromatic N) is 2. The number of carbonyl (C=O) groups is 1. The first-order valence-electron chi connectivity index (χ1n) is 14.3. The van der Waals surface area contributed by atoms with Crippen LogP contribution < -0.4 is 10.4 Å². The van der Waals surface area contributed by atoms with E-state index in [0.717, 1.165) is 36.0 Å². The molecule has 0 aliphatic rings. The molecular weight excluding hydrogens is 514 g/mol. The summed E-state index contributed by atoms with van der Waals surface area (Å²) in [7, 11) is 1.60. The Bertz CT molecular complexity index is 1510. The lowest BCUT2D eigenvalue weighted by molar-refractivity contribution is -0.136. The van der Waals surface area contributed by atoms with Gasteiger partial charge in [0.2, 0.25) is 0 Å². The lowest BCUT2D eigenvalue weighted by Crippen LogP contribution is -2.23. The molecule has 0 saturated heterocycles. The molecule has 0 radical (unpaired) electrons. The van der Waals surface area contributed by atoms with Crippen molar-refractivity contribution in [3.05, 3.63) is 105 Å². The molecule has 1 atom stereocenters. The van der Waals surface area contributed by atoms with Gasteiger partial charge in [0.25, 0.3) is 0 Å². The minimum Gasteiger partial charge on any atom is -0.496 e. The third-order valence-corrected chi connectivity index (χ3v) is 7.51. The van der Waals surface area contributed by atoms with E-state index in [2.05, 4.69) is 79.4 Å². The number of hydrogen-bond donors (Lipinski definition) is 2. The number of aliphatic carboxylic acids is 1. The van der Waals surface area contributed by atoms with Gasteiger partial charge in [0, 0.05) is 12.8 Å². The van der Waals surface area contributed by atoms with Crippen LogP contribution in [0.5, 0.6) is 5.75 Å². The average Bonchev–Trinajstić information content (AvgIpc) is 3.32. The van der Waals surface area contributed by atoms with Crippen LogP contribution in [-0.2, 0) is 35.9 Å². The number of nitrogens with one attached hydrogen (secondary N) is 1. The van der Waals surface area contributed by atoms with E-state index < -0.39 is 5.97 Å². The molecule has 0 aliphatic carbocycles. The number of hydrogen-bond acceptors (Lipinski definition) is 4. The lowest BCUT2D eigenvalue weighted by Gasteiger charge is -2.19. The first-order valence-corrected chi connectivity index (χ1v) is 14.3. The van der Waals surface area contributed by atoms with Crippen LogP contribution >= 0.6 is 0 Å². The summed E-state index contributed by atoms with van der Waals surface area (Å²) in [5.74, 6) is 0.596. The van der Waals surface area contributed by atoms with Crippen LogP contribution in [0.3, 0.4) is 0 Å². The van der Waals surface area contributed by atoms with Crippen molar-refractivity contribution in [3.63, 3.8) is 0 Å². The molecule has 2 N–H and O–H groups in total. The van der Waals surface area contributed by atoms with Crippen molar-refractivity contribution < 1.29 is 14.6 Å². The Balaban J connectivity index is 1.32. The quantitative estimate of drug-likeness (QED) is 0.207. The highest BCUT2D eigenvalue weighted by atomic mass is 16.5. The van der Waals surface area contributed by atoms with Crippen molar-refractivity contribution in [2.24, 2.45) is 0 Å². The minimum absolute atomic E-state index is 0.0388. The molecule has 216 valence electrons. The molecule has 41 heavy (non-hydrogen) atoms. The standard InChI is InChI=1S/C34H41N3O4/c1-23(21-25-11-17-29(18-12-25)34(2,3)4)37-33(40)35-31(36-37)8-6-7-24-9-13-26(14-10-24)27-15-19-30(41-5)28(22-27)16-20-32(38)39/h9-15,17-19,22-23H,6-8,16,20-21H2,1-5H3,(H,38,39)(H,35,36,40). The summed E-state index contributed by atoms with van der Waals surface area (Å²) < 4.78 is 6.98. The van der Waals surface area contributed by atoms with E-state index in [1.165, 1.54) is 16.7 Å². The van der Waals surface area contributed by atoms with Crippen molar-refractivity contribution in [1.82, 2.24) is 14.8 Å². The number of ether oxygens (including phenoxy) is 1. The second-order valence-corrected chi connectivity index (χ2v) is 11.8. The zero-order chi connectivity index (χ0) is 29.6. The van der Waals surface area contributed by atoms with Crippen molar-refractivity contribution in [2.75, 3.05) is 7.11 Å². The molecular formula is C34H41N3O4. The van der Waals surface area contributed by atoms with E-state index in [0.29, 0.717) is 24.4 Å². The second kappa shape index (κ2) is 13.0. The fourth-order valence-electron chi connectivity index (χ4n) is 5.08. The highest BCUT2D eigenvalue weighted by molar-refractivity contribution is 5.69. The molecule has 0 bridgehead atoms. The summed E-state index contributed by atoms with van der Waals surface area (Å²) in [5, 5.41) is 13.7. The monoisotopic (exact) mass is 555 g/mol. The van der Waals surface area contributed by atoms with Crippen molar-refractivity contribution in [1.29, 1.82) is 0 Å². The van der Waals surface area contributed by atoms with E-state index >= 15 is 0 Å². The Morgan fingerprint density at radius 3 is 2.24 bits per heavy atom. The summed E-state index contributed by atoms with van der Waals surface area (Å²) in [6.45, 7) is 8.64. The molecule has 1 heterocycles. The second-order valence-electron chi connectivity index (χ2n) is 11.8. The molecule has 0 amide bonds. The molecule has 1 unspecified atom stereocenters. The van der Waals surface area contributed by atoms with Crippen LogP contribution in [0.4, 0.5) is 0 Å². The average molecular weight is 556 g/mol. The zero-order valence-corrected chi connectivity index (χ0v) is 24.7. The summed E-state index contributed by atoms with van der Waals surface area (Å²) in [4.78, 5) is 26.6. The minimum atomic E-state index is -0.825. The van der Waals surface area contributed by atoms with Gasteiger partial charge in [-0.1, -0.05) is 75.4 Å². The number of benzene rings is 3. The molecule has 0 fully saturated rings. The van der Waals surface area contributed by atoms with Gasteiger partial charge in [-0.25, -0.2) is 9.48 Å². The number of aromatic nitrogens is 3. The zero-order valence-electron chi connectivity index (χ0n) is 24.7. The third kappa shape index (κ3) is 7.97. The molecule has 4 aromatic rings. The van der Waals surface area contributed by atoms with Gasteiger partial charge in [0.1, 0.15) is 11.6 Å². The number of aromatic amines is 1. The summed E-state index contributed by atoms with van der Waals surface area (Å²) in [5.41, 5.74) is 6.64. The van der Waals surface area contributed by atoms with Crippen LogP contribution in [0.25, 0.3) is 11.1 Å². The Hall–Kier alpha value is -4.13. The first kappa shape index (κ1) is 29.8. The van der Waals surface area contributed by atoms with Crippen LogP contribution in [0.1, 0.15) is 74.7 Å². The number of carboxylic acid groups (broad SMARTS) is 1. The van der Waals surface area contributed by atoms with E-state index in [1.807, 2.05) is 25.1 Å². The predicted octanol–water partition coefficient (Wildman–Crippen LogP) is 6.54. The predicted molar refractivity (Wildman–Crippen MR) is 163 cm³/mol. The lowest BCUT2D eigenvalue weighted by atomic mass is 9.86. The molecule has 7 nitrogen and oxygen atoms in total. The summed E-state index contributed by atoms with van der Waals surface area (Å²) >= 11 is 0. The number of methoxy groups -OCH3 is 1. The van der Waals surface area contributed by atoms with Crippen LogP contribution in [0.15, 0.2) is 71.5 Å². The van der Waals surface area contributed by atoms with Gasteiger partial charge in [-0.2, -0.15) is 5.10 Å². The van der Waals surface area contributed by atoms with Gasteiger partial charge >= 0.3 is 11.7 Å². The largest absolute Gasteiger partial charge is 0.496 e. The van der Waals surface area contributed by atoms with E-state index in [9.17, 15) is 9.59 Å². The number of rotatable bonds is 12. The van der Waals surface area contributed by atoms with E-state index in [4.69, 9.17) is 9.84 Å². The number of carboxylic acids is 1. The molecule has 4 rings (SSSR count). The Kier molecular flexibility index (Phi) is 9.48. The maximum Gasteiger partial charge on any atom is 0.343 e. The van der Waals surface area contributed by atoms with Crippen molar-refractivity contribution in [2.45, 2.75) is 77.7 Å². The molecule has 0 spiro atoms. The Morgan fingerprint density at radius 2 is 1.61 bits per heavy atom. The molecule has 1 aromatic heterocycles.